The number of carbonyl (C=O) groups excluding carboxylic acids is 3. The molecule has 0 spiro atoms. The molecule has 2 aromatic rings. The van der Waals surface area contributed by atoms with E-state index in [1.54, 1.807) is 0 Å². The van der Waals surface area contributed by atoms with E-state index < -0.39 is 11.9 Å². The summed E-state index contributed by atoms with van der Waals surface area (Å²) in [4.78, 5) is 37.7. The van der Waals surface area contributed by atoms with Crippen LogP contribution in [0.15, 0.2) is 42.1 Å². The number of nitrogens with one attached hydrogen (secondary N) is 4. The Bertz CT molecular complexity index is 1080. The van der Waals surface area contributed by atoms with Gasteiger partial charge in [0.1, 0.15) is 0 Å². The Morgan fingerprint density at radius 2 is 2.03 bits per heavy atom. The molecular formula is C24H29N5O4. The highest BCUT2D eigenvalue weighted by atomic mass is 16.5. The van der Waals surface area contributed by atoms with Crippen molar-refractivity contribution >= 4 is 29.7 Å². The van der Waals surface area contributed by atoms with E-state index in [0.717, 1.165) is 35.7 Å². The van der Waals surface area contributed by atoms with Gasteiger partial charge in [0, 0.05) is 31.9 Å². The summed E-state index contributed by atoms with van der Waals surface area (Å²) in [6, 6.07) is 9.69. The summed E-state index contributed by atoms with van der Waals surface area (Å²) in [5, 5.41) is 13.8. The van der Waals surface area contributed by atoms with Crippen molar-refractivity contribution in [3.8, 4) is 11.1 Å². The molecule has 6 N–H and O–H groups in total. The monoisotopic (exact) mass is 451 g/mol. The smallest absolute Gasteiger partial charge is 0.303 e. The van der Waals surface area contributed by atoms with Crippen LogP contribution in [0, 0.1) is 11.3 Å². The van der Waals surface area contributed by atoms with Gasteiger partial charge in [0.2, 0.25) is 0 Å². The Morgan fingerprint density at radius 3 is 2.67 bits per heavy atom. The van der Waals surface area contributed by atoms with Crippen molar-refractivity contribution in [2.45, 2.75) is 39.3 Å². The van der Waals surface area contributed by atoms with E-state index in [9.17, 15) is 14.4 Å². The Balaban J connectivity index is 1.78. The van der Waals surface area contributed by atoms with E-state index in [4.69, 9.17) is 11.1 Å². The fraction of sp³-hybridized carbons (Fsp3) is 0.333. The Morgan fingerprint density at radius 1 is 1.27 bits per heavy atom. The number of hydrogen-bond acceptors (Lipinski definition) is 6. The fourth-order valence-electron chi connectivity index (χ4n) is 3.49. The van der Waals surface area contributed by atoms with Gasteiger partial charge in [-0.25, -0.2) is 0 Å². The van der Waals surface area contributed by atoms with Crippen LogP contribution in [0.5, 0.6) is 0 Å². The minimum absolute atomic E-state index is 0.111. The number of hydrogen-bond donors (Lipinski definition) is 5. The highest BCUT2D eigenvalue weighted by Crippen LogP contribution is 2.34. The third kappa shape index (κ3) is 6.55. The molecule has 1 atom stereocenters. The first-order valence-corrected chi connectivity index (χ1v) is 10.8. The van der Waals surface area contributed by atoms with E-state index in [1.807, 2.05) is 36.5 Å². The molecule has 1 aromatic heterocycles. The molecule has 33 heavy (non-hydrogen) atoms. The average molecular weight is 452 g/mol. The maximum Gasteiger partial charge on any atom is 0.303 e. The van der Waals surface area contributed by atoms with Crippen molar-refractivity contribution < 1.29 is 19.1 Å². The predicted molar refractivity (Wildman–Crippen MR) is 125 cm³/mol. The van der Waals surface area contributed by atoms with Crippen LogP contribution in [0.3, 0.4) is 0 Å². The summed E-state index contributed by atoms with van der Waals surface area (Å²) in [5.74, 6) is -1.01. The largest absolute Gasteiger partial charge is 0.456 e. The van der Waals surface area contributed by atoms with Gasteiger partial charge in [-0.2, -0.15) is 0 Å². The minimum atomic E-state index is -0.668. The SMILES string of the molecule is CC(=O)OCC(=O)NCc1cccc(-c2c[nH]c(/C(N[C@H](C)C3CC3)=C(\C=N)C(N)=O)c2)c1. The van der Waals surface area contributed by atoms with Gasteiger partial charge >= 0.3 is 5.97 Å². The second-order valence-corrected chi connectivity index (χ2v) is 8.13. The Hall–Kier alpha value is -3.88. The number of primary amides is 1. The van der Waals surface area contributed by atoms with Crippen LogP contribution in [0.1, 0.15) is 37.9 Å². The van der Waals surface area contributed by atoms with Crippen LogP contribution in [-0.4, -0.2) is 41.6 Å². The van der Waals surface area contributed by atoms with Crippen molar-refractivity contribution in [1.82, 2.24) is 15.6 Å². The van der Waals surface area contributed by atoms with Gasteiger partial charge < -0.3 is 31.5 Å². The molecule has 1 heterocycles. The number of rotatable bonds is 11. The molecule has 0 saturated heterocycles. The summed E-state index contributed by atoms with van der Waals surface area (Å²) >= 11 is 0. The number of esters is 1. The fourth-order valence-corrected chi connectivity index (χ4v) is 3.49. The van der Waals surface area contributed by atoms with Crippen molar-refractivity contribution in [2.75, 3.05) is 6.61 Å². The molecule has 1 saturated carbocycles. The van der Waals surface area contributed by atoms with E-state index in [-0.39, 0.29) is 30.7 Å². The lowest BCUT2D eigenvalue weighted by molar-refractivity contribution is -0.146. The zero-order chi connectivity index (χ0) is 24.0. The van der Waals surface area contributed by atoms with Crippen molar-refractivity contribution in [3.05, 3.63) is 53.4 Å². The molecule has 174 valence electrons. The topological polar surface area (TPSA) is 150 Å². The van der Waals surface area contributed by atoms with Crippen LogP contribution in [-0.2, 0) is 25.7 Å². The van der Waals surface area contributed by atoms with Gasteiger partial charge in [0.25, 0.3) is 11.8 Å². The number of amides is 2. The second kappa shape index (κ2) is 10.6. The van der Waals surface area contributed by atoms with Crippen LogP contribution < -0.4 is 16.4 Å². The molecule has 1 fully saturated rings. The number of benzene rings is 1. The standard InChI is InChI=1S/C24H29N5O4/c1-14(17-6-7-17)29-23(20(10-25)24(26)32)21-9-19(12-27-21)18-5-3-4-16(8-18)11-28-22(31)13-33-15(2)30/h3-5,8-10,12,14,17,25,27,29H,6-7,11,13H2,1-2H3,(H2,26,32)(H,28,31)/b23-20-,25-10?/t14-/m1/s1. The van der Waals surface area contributed by atoms with E-state index in [2.05, 4.69) is 27.3 Å². The summed E-state index contributed by atoms with van der Waals surface area (Å²) in [6.07, 6.45) is 5.07. The third-order valence-corrected chi connectivity index (χ3v) is 5.49. The van der Waals surface area contributed by atoms with Gasteiger partial charge in [-0.05, 0) is 54.5 Å². The molecule has 0 aliphatic heterocycles. The van der Waals surface area contributed by atoms with Crippen molar-refractivity contribution in [3.63, 3.8) is 0 Å². The van der Waals surface area contributed by atoms with Crippen LogP contribution in [0.2, 0.25) is 0 Å². The molecule has 0 bridgehead atoms. The lowest BCUT2D eigenvalue weighted by Crippen LogP contribution is -2.30. The Kier molecular flexibility index (Phi) is 7.66. The maximum absolute atomic E-state index is 11.9. The molecule has 3 rings (SSSR count). The summed E-state index contributed by atoms with van der Waals surface area (Å²) in [6.45, 7) is 3.28. The summed E-state index contributed by atoms with van der Waals surface area (Å²) < 4.78 is 4.69. The highest BCUT2D eigenvalue weighted by Gasteiger charge is 2.29. The van der Waals surface area contributed by atoms with Gasteiger partial charge in [-0.1, -0.05) is 18.2 Å². The number of carbonyl (C=O) groups is 3. The van der Waals surface area contributed by atoms with Gasteiger partial charge in [0.15, 0.2) is 6.61 Å². The number of aromatic nitrogens is 1. The normalized spacial score (nSPS) is 14.6. The predicted octanol–water partition coefficient (Wildman–Crippen LogP) is 2.10. The number of H-pyrrole nitrogens is 1. The van der Waals surface area contributed by atoms with Crippen LogP contribution in [0.4, 0.5) is 0 Å². The molecule has 0 radical (unpaired) electrons. The number of aromatic amines is 1. The summed E-state index contributed by atoms with van der Waals surface area (Å²) in [5.41, 5.74) is 9.47. The van der Waals surface area contributed by atoms with Gasteiger partial charge in [-0.3, -0.25) is 14.4 Å². The van der Waals surface area contributed by atoms with Crippen molar-refractivity contribution in [1.29, 1.82) is 5.41 Å². The molecular weight excluding hydrogens is 422 g/mol. The molecule has 9 nitrogen and oxygen atoms in total. The molecule has 1 aliphatic carbocycles. The first kappa shape index (κ1) is 23.8. The second-order valence-electron chi connectivity index (χ2n) is 8.13. The Labute approximate surface area is 192 Å². The van der Waals surface area contributed by atoms with E-state index >= 15 is 0 Å². The molecule has 0 unspecified atom stereocenters. The third-order valence-electron chi connectivity index (χ3n) is 5.49. The van der Waals surface area contributed by atoms with E-state index in [0.29, 0.717) is 17.3 Å². The number of ether oxygens (including phenoxy) is 1. The average Bonchev–Trinajstić information content (AvgIpc) is 3.53. The van der Waals surface area contributed by atoms with Crippen LogP contribution in [0.25, 0.3) is 16.8 Å². The zero-order valence-corrected chi connectivity index (χ0v) is 18.7. The molecule has 1 aliphatic rings. The zero-order valence-electron chi connectivity index (χ0n) is 18.7. The quantitative estimate of drug-likeness (QED) is 0.201. The molecule has 1 aromatic carbocycles. The first-order chi connectivity index (χ1) is 15.8. The minimum Gasteiger partial charge on any atom is -0.456 e. The lowest BCUT2D eigenvalue weighted by Gasteiger charge is -2.18. The van der Waals surface area contributed by atoms with Gasteiger partial charge in [0.05, 0.1) is 17.0 Å². The summed E-state index contributed by atoms with van der Waals surface area (Å²) in [7, 11) is 0. The lowest BCUT2D eigenvalue weighted by atomic mass is 10.0. The highest BCUT2D eigenvalue weighted by molar-refractivity contribution is 6.16. The number of nitrogens with two attached hydrogens (primary N) is 1. The molecule has 9 heteroatoms. The van der Waals surface area contributed by atoms with Crippen molar-refractivity contribution in [2.24, 2.45) is 11.7 Å². The molecule has 2 amide bonds. The van der Waals surface area contributed by atoms with Crippen LogP contribution >= 0.6 is 0 Å². The maximum atomic E-state index is 11.9. The first-order valence-electron chi connectivity index (χ1n) is 10.8. The van der Waals surface area contributed by atoms with E-state index in [1.165, 1.54) is 6.92 Å². The van der Waals surface area contributed by atoms with Gasteiger partial charge in [-0.15, -0.1) is 0 Å².